The SMILES string of the molecule is Cl.O=C(NCc1cccc(OCC(F)(F)F)c1)C1COCCN1. The third-order valence-electron chi connectivity index (χ3n) is 3.01. The molecule has 1 amide bonds. The number of nitrogens with one attached hydrogen (secondary N) is 2. The van der Waals surface area contributed by atoms with Gasteiger partial charge in [0.25, 0.3) is 0 Å². The second kappa shape index (κ2) is 8.95. The van der Waals surface area contributed by atoms with Crippen molar-refractivity contribution in [2.45, 2.75) is 18.8 Å². The van der Waals surface area contributed by atoms with Crippen molar-refractivity contribution in [3.8, 4) is 5.75 Å². The van der Waals surface area contributed by atoms with Gasteiger partial charge in [0.05, 0.1) is 13.2 Å². The number of carbonyl (C=O) groups is 1. The van der Waals surface area contributed by atoms with Crippen molar-refractivity contribution in [1.29, 1.82) is 0 Å². The van der Waals surface area contributed by atoms with Gasteiger partial charge in [0, 0.05) is 13.1 Å². The number of amides is 1. The number of alkyl halides is 3. The lowest BCUT2D eigenvalue weighted by atomic mass is 10.2. The van der Waals surface area contributed by atoms with E-state index in [2.05, 4.69) is 15.4 Å². The van der Waals surface area contributed by atoms with E-state index in [9.17, 15) is 18.0 Å². The second-order valence-electron chi connectivity index (χ2n) is 4.85. The zero-order valence-electron chi connectivity index (χ0n) is 12.2. The van der Waals surface area contributed by atoms with E-state index in [-0.39, 0.29) is 30.6 Å². The number of halogens is 4. The molecule has 1 aliphatic heterocycles. The van der Waals surface area contributed by atoms with E-state index in [1.807, 2.05) is 0 Å². The Balaban J connectivity index is 0.00000264. The van der Waals surface area contributed by atoms with Gasteiger partial charge in [-0.15, -0.1) is 12.4 Å². The molecule has 130 valence electrons. The fourth-order valence-electron chi connectivity index (χ4n) is 1.96. The van der Waals surface area contributed by atoms with Crippen LogP contribution in [0.25, 0.3) is 0 Å². The second-order valence-corrected chi connectivity index (χ2v) is 4.85. The Bertz CT molecular complexity index is 508. The highest BCUT2D eigenvalue weighted by molar-refractivity contribution is 5.85. The number of hydrogen-bond acceptors (Lipinski definition) is 4. The van der Waals surface area contributed by atoms with Crippen LogP contribution in [-0.4, -0.2) is 44.5 Å². The molecule has 23 heavy (non-hydrogen) atoms. The molecule has 5 nitrogen and oxygen atoms in total. The van der Waals surface area contributed by atoms with Crippen LogP contribution in [0.15, 0.2) is 24.3 Å². The Morgan fingerprint density at radius 2 is 2.22 bits per heavy atom. The quantitative estimate of drug-likeness (QED) is 0.844. The van der Waals surface area contributed by atoms with Crippen LogP contribution in [0.2, 0.25) is 0 Å². The van der Waals surface area contributed by atoms with Gasteiger partial charge in [0.15, 0.2) is 6.61 Å². The van der Waals surface area contributed by atoms with Crippen molar-refractivity contribution in [1.82, 2.24) is 10.6 Å². The van der Waals surface area contributed by atoms with Crippen LogP contribution in [-0.2, 0) is 16.1 Å². The highest BCUT2D eigenvalue weighted by atomic mass is 35.5. The number of benzene rings is 1. The molecule has 0 aromatic heterocycles. The average molecular weight is 355 g/mol. The average Bonchev–Trinajstić information content (AvgIpc) is 2.51. The first kappa shape index (κ1) is 19.5. The summed E-state index contributed by atoms with van der Waals surface area (Å²) in [6.45, 7) is 0.355. The summed E-state index contributed by atoms with van der Waals surface area (Å²) in [5, 5.41) is 5.73. The number of morpholine rings is 1. The lowest BCUT2D eigenvalue weighted by Crippen LogP contribution is -2.51. The van der Waals surface area contributed by atoms with Gasteiger partial charge in [0.2, 0.25) is 5.91 Å². The largest absolute Gasteiger partial charge is 0.484 e. The maximum atomic E-state index is 12.1. The molecule has 0 bridgehead atoms. The molecular formula is C14H18ClF3N2O3. The first-order chi connectivity index (χ1) is 10.4. The molecule has 0 spiro atoms. The first-order valence-corrected chi connectivity index (χ1v) is 6.81. The molecule has 1 aromatic rings. The van der Waals surface area contributed by atoms with E-state index in [4.69, 9.17) is 4.74 Å². The van der Waals surface area contributed by atoms with Crippen molar-refractivity contribution in [2.75, 3.05) is 26.4 Å². The minimum Gasteiger partial charge on any atom is -0.484 e. The third-order valence-corrected chi connectivity index (χ3v) is 3.01. The number of ether oxygens (including phenoxy) is 2. The predicted molar refractivity (Wildman–Crippen MR) is 79.7 cm³/mol. The molecule has 9 heteroatoms. The van der Waals surface area contributed by atoms with Crippen LogP contribution in [0.1, 0.15) is 5.56 Å². The van der Waals surface area contributed by atoms with E-state index in [0.29, 0.717) is 25.3 Å². The van der Waals surface area contributed by atoms with Gasteiger partial charge in [-0.05, 0) is 17.7 Å². The summed E-state index contributed by atoms with van der Waals surface area (Å²) >= 11 is 0. The fourth-order valence-corrected chi connectivity index (χ4v) is 1.96. The minimum atomic E-state index is -4.38. The Hall–Kier alpha value is -1.51. The summed E-state index contributed by atoms with van der Waals surface area (Å²) in [5.74, 6) is -0.0930. The number of rotatable bonds is 5. The van der Waals surface area contributed by atoms with E-state index in [1.54, 1.807) is 12.1 Å². The van der Waals surface area contributed by atoms with Crippen LogP contribution in [0.3, 0.4) is 0 Å². The number of hydrogen-bond donors (Lipinski definition) is 2. The van der Waals surface area contributed by atoms with Crippen LogP contribution in [0.4, 0.5) is 13.2 Å². The zero-order valence-corrected chi connectivity index (χ0v) is 13.0. The van der Waals surface area contributed by atoms with Gasteiger partial charge in [0.1, 0.15) is 11.8 Å². The van der Waals surface area contributed by atoms with Gasteiger partial charge in [-0.1, -0.05) is 12.1 Å². The Labute approximate surface area is 137 Å². The normalized spacial score (nSPS) is 18.0. The Morgan fingerprint density at radius 3 is 2.87 bits per heavy atom. The third kappa shape index (κ3) is 7.06. The molecule has 1 aliphatic rings. The molecule has 1 aromatic carbocycles. The molecule has 1 atom stereocenters. The fraction of sp³-hybridized carbons (Fsp3) is 0.500. The van der Waals surface area contributed by atoms with Gasteiger partial charge >= 0.3 is 6.18 Å². The molecule has 1 unspecified atom stereocenters. The van der Waals surface area contributed by atoms with Crippen molar-refractivity contribution in [2.24, 2.45) is 0 Å². The standard InChI is InChI=1S/C14H17F3N2O3.ClH/c15-14(16,17)9-22-11-3-1-2-10(6-11)7-19-13(20)12-8-21-5-4-18-12;/h1-3,6,12,18H,4-5,7-9H2,(H,19,20);1H. The highest BCUT2D eigenvalue weighted by Gasteiger charge is 2.28. The van der Waals surface area contributed by atoms with Gasteiger partial charge < -0.3 is 20.1 Å². The predicted octanol–water partition coefficient (Wildman–Crippen LogP) is 1.65. The van der Waals surface area contributed by atoms with Crippen LogP contribution in [0.5, 0.6) is 5.75 Å². The molecule has 0 aliphatic carbocycles. The van der Waals surface area contributed by atoms with Crippen LogP contribution < -0.4 is 15.4 Å². The summed E-state index contributed by atoms with van der Waals surface area (Å²) in [4.78, 5) is 11.9. The molecule has 0 radical (unpaired) electrons. The summed E-state index contributed by atoms with van der Waals surface area (Å²) in [6.07, 6.45) is -4.38. The lowest BCUT2D eigenvalue weighted by Gasteiger charge is -2.22. The Morgan fingerprint density at radius 1 is 1.43 bits per heavy atom. The molecule has 2 N–H and O–H groups in total. The Kier molecular flexibility index (Phi) is 7.60. The zero-order chi connectivity index (χ0) is 16.0. The molecule has 1 fully saturated rings. The van der Waals surface area contributed by atoms with Crippen molar-refractivity contribution < 1.29 is 27.4 Å². The molecule has 0 saturated carbocycles. The van der Waals surface area contributed by atoms with E-state index >= 15 is 0 Å². The van der Waals surface area contributed by atoms with E-state index < -0.39 is 18.8 Å². The molecule has 1 saturated heterocycles. The summed E-state index contributed by atoms with van der Waals surface area (Å²) in [5.41, 5.74) is 0.657. The van der Waals surface area contributed by atoms with Gasteiger partial charge in [-0.25, -0.2) is 0 Å². The summed E-state index contributed by atoms with van der Waals surface area (Å²) in [6, 6.07) is 5.78. The van der Waals surface area contributed by atoms with E-state index in [0.717, 1.165) is 0 Å². The van der Waals surface area contributed by atoms with Crippen LogP contribution in [0, 0.1) is 0 Å². The first-order valence-electron chi connectivity index (χ1n) is 6.81. The maximum absolute atomic E-state index is 12.1. The summed E-state index contributed by atoms with van der Waals surface area (Å²) in [7, 11) is 0. The smallest absolute Gasteiger partial charge is 0.422 e. The van der Waals surface area contributed by atoms with Crippen molar-refractivity contribution in [3.05, 3.63) is 29.8 Å². The molecular weight excluding hydrogens is 337 g/mol. The van der Waals surface area contributed by atoms with Gasteiger partial charge in [-0.3, -0.25) is 4.79 Å². The minimum absolute atomic E-state index is 0. The van der Waals surface area contributed by atoms with E-state index in [1.165, 1.54) is 12.1 Å². The molecule has 1 heterocycles. The van der Waals surface area contributed by atoms with Crippen LogP contribution >= 0.6 is 12.4 Å². The van der Waals surface area contributed by atoms with Crippen molar-refractivity contribution >= 4 is 18.3 Å². The lowest BCUT2D eigenvalue weighted by molar-refractivity contribution is -0.153. The number of carbonyl (C=O) groups excluding carboxylic acids is 1. The monoisotopic (exact) mass is 354 g/mol. The summed E-state index contributed by atoms with van der Waals surface area (Å²) < 4.78 is 46.2. The molecule has 2 rings (SSSR count). The van der Waals surface area contributed by atoms with Crippen molar-refractivity contribution in [3.63, 3.8) is 0 Å². The maximum Gasteiger partial charge on any atom is 0.422 e. The highest BCUT2D eigenvalue weighted by Crippen LogP contribution is 2.19. The topological polar surface area (TPSA) is 59.6 Å². The van der Waals surface area contributed by atoms with Gasteiger partial charge in [-0.2, -0.15) is 13.2 Å².